The van der Waals surface area contributed by atoms with Gasteiger partial charge in [-0.2, -0.15) is 0 Å². The average molecular weight is 126 g/mol. The Hall–Kier alpha value is -0.760. The first-order valence-electron chi connectivity index (χ1n) is 3.02. The van der Waals surface area contributed by atoms with E-state index in [9.17, 15) is 0 Å². The predicted octanol–water partition coefficient (Wildman–Crippen LogP) is 0.752. The molecule has 0 bridgehead atoms. The van der Waals surface area contributed by atoms with Gasteiger partial charge in [-0.25, -0.2) is 0 Å². The molecule has 1 atom stereocenters. The molecule has 0 heterocycles. The number of rotatable bonds is 2. The van der Waals surface area contributed by atoms with Crippen LogP contribution in [0.2, 0.25) is 0 Å². The number of allylic oxidation sites excluding steroid dienone is 2. The second-order valence-corrected chi connectivity index (χ2v) is 2.01. The lowest BCUT2D eigenvalue weighted by Gasteiger charge is -1.93. The average Bonchev–Trinajstić information content (AvgIpc) is 1.83. The lowest BCUT2D eigenvalue weighted by atomic mass is 10.3. The van der Waals surface area contributed by atoms with Gasteiger partial charge < -0.3 is 11.5 Å². The van der Waals surface area contributed by atoms with E-state index in [4.69, 9.17) is 11.5 Å². The highest BCUT2D eigenvalue weighted by atomic mass is 14.6. The lowest BCUT2D eigenvalue weighted by Crippen LogP contribution is -2.10. The van der Waals surface area contributed by atoms with E-state index in [0.29, 0.717) is 0 Å². The van der Waals surface area contributed by atoms with Crippen LogP contribution in [0.25, 0.3) is 0 Å². The van der Waals surface area contributed by atoms with E-state index in [1.807, 2.05) is 32.1 Å². The lowest BCUT2D eigenvalue weighted by molar-refractivity contribution is 0.924. The first-order chi connectivity index (χ1) is 4.16. The molecule has 2 heteroatoms. The van der Waals surface area contributed by atoms with Gasteiger partial charge in [0.1, 0.15) is 0 Å². The van der Waals surface area contributed by atoms with Crippen LogP contribution in [0.1, 0.15) is 13.8 Å². The van der Waals surface area contributed by atoms with Gasteiger partial charge in [0.15, 0.2) is 0 Å². The van der Waals surface area contributed by atoms with E-state index in [1.165, 1.54) is 0 Å². The van der Waals surface area contributed by atoms with Crippen molar-refractivity contribution in [2.75, 3.05) is 0 Å². The quantitative estimate of drug-likeness (QED) is 0.536. The van der Waals surface area contributed by atoms with E-state index in [-0.39, 0.29) is 6.04 Å². The fourth-order valence-electron chi connectivity index (χ4n) is 0.359. The minimum absolute atomic E-state index is 0.0866. The fourth-order valence-corrected chi connectivity index (χ4v) is 0.359. The van der Waals surface area contributed by atoms with Crippen LogP contribution in [0.5, 0.6) is 0 Å². The molecule has 0 aromatic rings. The molecule has 0 spiro atoms. The molecule has 1 unspecified atom stereocenters. The second-order valence-electron chi connectivity index (χ2n) is 2.01. The van der Waals surface area contributed by atoms with Crippen LogP contribution in [-0.2, 0) is 0 Å². The highest BCUT2D eigenvalue weighted by molar-refractivity contribution is 5.14. The van der Waals surface area contributed by atoms with Crippen molar-refractivity contribution in [3.05, 3.63) is 23.9 Å². The van der Waals surface area contributed by atoms with Crippen LogP contribution >= 0.6 is 0 Å². The van der Waals surface area contributed by atoms with Crippen LogP contribution in [-0.4, -0.2) is 6.04 Å². The normalized spacial score (nSPS) is 16.6. The highest BCUT2D eigenvalue weighted by Crippen LogP contribution is 1.86. The Kier molecular flexibility index (Phi) is 3.80. The van der Waals surface area contributed by atoms with Crippen molar-refractivity contribution in [3.63, 3.8) is 0 Å². The molecule has 0 aromatic carbocycles. The van der Waals surface area contributed by atoms with E-state index >= 15 is 0 Å². The van der Waals surface area contributed by atoms with Crippen LogP contribution < -0.4 is 11.5 Å². The first-order valence-corrected chi connectivity index (χ1v) is 3.02. The molecule has 0 aromatic heterocycles. The monoisotopic (exact) mass is 126 g/mol. The summed E-state index contributed by atoms with van der Waals surface area (Å²) in [6, 6.07) is 0.0866. The zero-order valence-electron chi connectivity index (χ0n) is 5.96. The molecule has 0 amide bonds. The zero-order valence-corrected chi connectivity index (χ0v) is 5.96. The van der Waals surface area contributed by atoms with Crippen LogP contribution in [0.15, 0.2) is 23.9 Å². The summed E-state index contributed by atoms with van der Waals surface area (Å²) in [6.07, 6.45) is 5.50. The molecular weight excluding hydrogens is 112 g/mol. The summed E-state index contributed by atoms with van der Waals surface area (Å²) in [5.74, 6) is 0. The van der Waals surface area contributed by atoms with Gasteiger partial charge in [-0.3, -0.25) is 0 Å². The maximum atomic E-state index is 5.44. The van der Waals surface area contributed by atoms with Gasteiger partial charge in [0, 0.05) is 11.7 Å². The summed E-state index contributed by atoms with van der Waals surface area (Å²) in [4.78, 5) is 0. The SMILES string of the molecule is C/C=C(N)\C=C/C(C)N. The molecule has 0 radical (unpaired) electrons. The maximum absolute atomic E-state index is 5.44. The van der Waals surface area contributed by atoms with Gasteiger partial charge in [-0.15, -0.1) is 0 Å². The Bertz CT molecular complexity index is 123. The predicted molar refractivity (Wildman–Crippen MR) is 40.7 cm³/mol. The largest absolute Gasteiger partial charge is 0.399 e. The van der Waals surface area contributed by atoms with Crippen molar-refractivity contribution in [1.82, 2.24) is 0 Å². The molecule has 52 valence electrons. The summed E-state index contributed by atoms with van der Waals surface area (Å²) < 4.78 is 0. The minimum Gasteiger partial charge on any atom is -0.399 e. The Labute approximate surface area is 56.2 Å². The molecule has 2 nitrogen and oxygen atoms in total. The summed E-state index contributed by atoms with van der Waals surface area (Å²) in [6.45, 7) is 3.79. The van der Waals surface area contributed by atoms with E-state index in [0.717, 1.165) is 5.70 Å². The second kappa shape index (κ2) is 4.15. The van der Waals surface area contributed by atoms with Crippen molar-refractivity contribution in [2.24, 2.45) is 11.5 Å². The Balaban J connectivity index is 3.71. The van der Waals surface area contributed by atoms with Gasteiger partial charge in [-0.1, -0.05) is 12.2 Å². The summed E-state index contributed by atoms with van der Waals surface area (Å²) in [5.41, 5.74) is 11.6. The number of hydrogen-bond acceptors (Lipinski definition) is 2. The zero-order chi connectivity index (χ0) is 7.28. The van der Waals surface area contributed by atoms with E-state index in [2.05, 4.69) is 0 Å². The smallest absolute Gasteiger partial charge is 0.0267 e. The van der Waals surface area contributed by atoms with Crippen molar-refractivity contribution >= 4 is 0 Å². The molecule has 0 aliphatic carbocycles. The van der Waals surface area contributed by atoms with Crippen molar-refractivity contribution in [1.29, 1.82) is 0 Å². The fraction of sp³-hybridized carbons (Fsp3) is 0.429. The Morgan fingerprint density at radius 2 is 2.11 bits per heavy atom. The molecule has 0 aliphatic heterocycles. The molecule has 0 saturated heterocycles. The molecular formula is C7H14N2. The van der Waals surface area contributed by atoms with Gasteiger partial charge in [0.2, 0.25) is 0 Å². The summed E-state index contributed by atoms with van der Waals surface area (Å²) in [5, 5.41) is 0. The third-order valence-electron chi connectivity index (χ3n) is 0.926. The Morgan fingerprint density at radius 1 is 1.56 bits per heavy atom. The van der Waals surface area contributed by atoms with E-state index < -0.39 is 0 Å². The third kappa shape index (κ3) is 5.11. The van der Waals surface area contributed by atoms with Crippen molar-refractivity contribution < 1.29 is 0 Å². The van der Waals surface area contributed by atoms with Crippen molar-refractivity contribution in [3.8, 4) is 0 Å². The van der Waals surface area contributed by atoms with E-state index in [1.54, 1.807) is 0 Å². The maximum Gasteiger partial charge on any atom is 0.0267 e. The number of hydrogen-bond donors (Lipinski definition) is 2. The molecule has 0 rings (SSSR count). The highest BCUT2D eigenvalue weighted by Gasteiger charge is 1.82. The third-order valence-corrected chi connectivity index (χ3v) is 0.926. The van der Waals surface area contributed by atoms with Crippen LogP contribution in [0.4, 0.5) is 0 Å². The van der Waals surface area contributed by atoms with Gasteiger partial charge in [0.25, 0.3) is 0 Å². The van der Waals surface area contributed by atoms with Gasteiger partial charge >= 0.3 is 0 Å². The minimum atomic E-state index is 0.0866. The molecule has 0 fully saturated rings. The van der Waals surface area contributed by atoms with Gasteiger partial charge in [-0.05, 0) is 19.9 Å². The Morgan fingerprint density at radius 3 is 2.44 bits per heavy atom. The molecule has 4 N–H and O–H groups in total. The topological polar surface area (TPSA) is 52.0 Å². The first kappa shape index (κ1) is 8.24. The molecule has 0 aliphatic rings. The molecule has 0 saturated carbocycles. The molecule has 9 heavy (non-hydrogen) atoms. The van der Waals surface area contributed by atoms with Crippen molar-refractivity contribution in [2.45, 2.75) is 19.9 Å². The summed E-state index contributed by atoms with van der Waals surface area (Å²) in [7, 11) is 0. The van der Waals surface area contributed by atoms with Crippen LogP contribution in [0.3, 0.4) is 0 Å². The summed E-state index contributed by atoms with van der Waals surface area (Å²) >= 11 is 0. The van der Waals surface area contributed by atoms with Gasteiger partial charge in [0.05, 0.1) is 0 Å². The van der Waals surface area contributed by atoms with Crippen LogP contribution in [0, 0.1) is 0 Å². The number of nitrogens with two attached hydrogens (primary N) is 2. The standard InChI is InChI=1S/C7H14N2/c1-3-7(9)5-4-6(2)8/h3-6H,8-9H2,1-2H3/b5-4-,7-3+.